The second-order valence-corrected chi connectivity index (χ2v) is 8.42. The van der Waals surface area contributed by atoms with Crippen LogP contribution in [-0.4, -0.2) is 23.3 Å². The zero-order valence-corrected chi connectivity index (χ0v) is 18.8. The number of anilines is 1. The molecule has 7 heteroatoms. The van der Waals surface area contributed by atoms with Crippen LogP contribution >= 0.6 is 0 Å². The summed E-state index contributed by atoms with van der Waals surface area (Å²) in [5.74, 6) is -2.09. The predicted molar refractivity (Wildman–Crippen MR) is 126 cm³/mol. The highest BCUT2D eigenvalue weighted by Crippen LogP contribution is 2.32. The number of carbonyl (C=O) groups is 2. The van der Waals surface area contributed by atoms with Gasteiger partial charge in [0.1, 0.15) is 11.4 Å². The van der Waals surface area contributed by atoms with Crippen molar-refractivity contribution in [3.63, 3.8) is 0 Å². The van der Waals surface area contributed by atoms with Gasteiger partial charge in [-0.15, -0.1) is 0 Å². The SMILES string of the molecule is CC(C)COc1ccc(C2=C(Nc3ccc(F)c(F)c3)C(=O)N(Cc3ccccc3)C2=O)cc1. The van der Waals surface area contributed by atoms with E-state index in [9.17, 15) is 18.4 Å². The number of amides is 2. The summed E-state index contributed by atoms with van der Waals surface area (Å²) in [5.41, 5.74) is 1.61. The van der Waals surface area contributed by atoms with E-state index in [0.717, 1.165) is 22.6 Å². The molecular weight excluding hydrogens is 438 g/mol. The van der Waals surface area contributed by atoms with E-state index in [2.05, 4.69) is 5.32 Å². The summed E-state index contributed by atoms with van der Waals surface area (Å²) in [4.78, 5) is 27.8. The Kier molecular flexibility index (Phi) is 6.72. The number of rotatable bonds is 8. The van der Waals surface area contributed by atoms with Crippen molar-refractivity contribution in [2.45, 2.75) is 20.4 Å². The number of hydrogen-bond donors (Lipinski definition) is 1. The van der Waals surface area contributed by atoms with Crippen LogP contribution in [0.1, 0.15) is 25.0 Å². The summed E-state index contributed by atoms with van der Waals surface area (Å²) in [7, 11) is 0. The molecule has 1 N–H and O–H groups in total. The summed E-state index contributed by atoms with van der Waals surface area (Å²) >= 11 is 0. The van der Waals surface area contributed by atoms with Gasteiger partial charge in [0.05, 0.1) is 18.7 Å². The van der Waals surface area contributed by atoms with Gasteiger partial charge in [0.15, 0.2) is 11.6 Å². The maximum atomic E-state index is 13.8. The standard InChI is InChI=1S/C27H24F2N2O3/c1-17(2)16-34-21-11-8-19(9-12-21)24-25(30-20-10-13-22(28)23(29)14-20)27(33)31(26(24)32)15-18-6-4-3-5-7-18/h3-14,17,30H,15-16H2,1-2H3. The number of nitrogens with one attached hydrogen (secondary N) is 1. The Balaban J connectivity index is 1.69. The Morgan fingerprint density at radius 3 is 2.24 bits per heavy atom. The van der Waals surface area contributed by atoms with Gasteiger partial charge in [0.25, 0.3) is 11.8 Å². The van der Waals surface area contributed by atoms with E-state index in [1.54, 1.807) is 24.3 Å². The van der Waals surface area contributed by atoms with E-state index >= 15 is 0 Å². The molecule has 0 fully saturated rings. The molecule has 0 spiro atoms. The van der Waals surface area contributed by atoms with Gasteiger partial charge in [0, 0.05) is 11.8 Å². The van der Waals surface area contributed by atoms with Gasteiger partial charge >= 0.3 is 0 Å². The molecule has 0 radical (unpaired) electrons. The van der Waals surface area contributed by atoms with Gasteiger partial charge in [-0.25, -0.2) is 8.78 Å². The first-order valence-corrected chi connectivity index (χ1v) is 10.9. The van der Waals surface area contributed by atoms with Crippen LogP contribution in [0, 0.1) is 17.6 Å². The molecule has 0 bridgehead atoms. The normalized spacial score (nSPS) is 13.7. The van der Waals surface area contributed by atoms with Crippen molar-refractivity contribution in [3.8, 4) is 5.75 Å². The maximum absolute atomic E-state index is 13.8. The summed E-state index contributed by atoms with van der Waals surface area (Å²) in [6, 6.07) is 19.2. The Labute approximate surface area is 196 Å². The molecule has 1 heterocycles. The number of imide groups is 1. The van der Waals surface area contributed by atoms with Gasteiger partial charge in [-0.1, -0.05) is 56.3 Å². The Morgan fingerprint density at radius 2 is 1.59 bits per heavy atom. The fourth-order valence-electron chi connectivity index (χ4n) is 3.57. The molecule has 5 nitrogen and oxygen atoms in total. The molecule has 3 aromatic carbocycles. The maximum Gasteiger partial charge on any atom is 0.278 e. The molecule has 1 aliphatic heterocycles. The first kappa shape index (κ1) is 23.2. The lowest BCUT2D eigenvalue weighted by molar-refractivity contribution is -0.137. The molecule has 3 aromatic rings. The van der Waals surface area contributed by atoms with Gasteiger partial charge in [0.2, 0.25) is 0 Å². The van der Waals surface area contributed by atoms with Crippen molar-refractivity contribution in [1.29, 1.82) is 0 Å². The predicted octanol–water partition coefficient (Wildman–Crippen LogP) is 5.39. The number of ether oxygens (including phenoxy) is 1. The minimum absolute atomic E-state index is 0.00258. The summed E-state index contributed by atoms with van der Waals surface area (Å²) < 4.78 is 32.9. The van der Waals surface area contributed by atoms with Crippen LogP contribution in [0.3, 0.4) is 0 Å². The second kappa shape index (κ2) is 9.87. The molecule has 0 aromatic heterocycles. The molecule has 1 aliphatic rings. The topological polar surface area (TPSA) is 58.6 Å². The molecule has 0 unspecified atom stereocenters. The van der Waals surface area contributed by atoms with E-state index < -0.39 is 23.4 Å². The lowest BCUT2D eigenvalue weighted by Crippen LogP contribution is -2.32. The Morgan fingerprint density at radius 1 is 0.882 bits per heavy atom. The van der Waals surface area contributed by atoms with Crippen LogP contribution in [0.2, 0.25) is 0 Å². The van der Waals surface area contributed by atoms with E-state index in [1.165, 1.54) is 6.07 Å². The Bertz CT molecular complexity index is 1240. The molecule has 0 aliphatic carbocycles. The van der Waals surface area contributed by atoms with Gasteiger partial charge in [-0.05, 0) is 41.3 Å². The van der Waals surface area contributed by atoms with Crippen molar-refractivity contribution in [2.75, 3.05) is 11.9 Å². The fraction of sp³-hybridized carbons (Fsp3) is 0.185. The van der Waals surface area contributed by atoms with Crippen molar-refractivity contribution in [1.82, 2.24) is 4.90 Å². The zero-order valence-electron chi connectivity index (χ0n) is 18.8. The molecule has 0 saturated carbocycles. The second-order valence-electron chi connectivity index (χ2n) is 8.42. The highest BCUT2D eigenvalue weighted by molar-refractivity contribution is 6.36. The first-order valence-electron chi connectivity index (χ1n) is 10.9. The van der Waals surface area contributed by atoms with Crippen LogP contribution in [0.4, 0.5) is 14.5 Å². The smallest absolute Gasteiger partial charge is 0.278 e. The lowest BCUT2D eigenvalue weighted by Gasteiger charge is -2.15. The molecule has 0 atom stereocenters. The number of halogens is 2. The third-order valence-corrected chi connectivity index (χ3v) is 5.27. The van der Waals surface area contributed by atoms with Crippen molar-refractivity contribution in [3.05, 3.63) is 101 Å². The van der Waals surface area contributed by atoms with Gasteiger partial charge in [-0.3, -0.25) is 14.5 Å². The highest BCUT2D eigenvalue weighted by atomic mass is 19.2. The molecule has 34 heavy (non-hydrogen) atoms. The van der Waals surface area contributed by atoms with Crippen LogP contribution in [0.5, 0.6) is 5.75 Å². The number of benzene rings is 3. The molecule has 174 valence electrons. The largest absolute Gasteiger partial charge is 0.493 e. The van der Waals surface area contributed by atoms with Crippen LogP contribution in [-0.2, 0) is 16.1 Å². The first-order chi connectivity index (χ1) is 16.3. The van der Waals surface area contributed by atoms with Gasteiger partial charge < -0.3 is 10.1 Å². The summed E-state index contributed by atoms with van der Waals surface area (Å²) in [5, 5.41) is 2.84. The summed E-state index contributed by atoms with van der Waals surface area (Å²) in [6.07, 6.45) is 0. The van der Waals surface area contributed by atoms with Crippen molar-refractivity contribution >= 4 is 23.1 Å². The minimum Gasteiger partial charge on any atom is -0.493 e. The number of hydrogen-bond acceptors (Lipinski definition) is 4. The van der Waals surface area contributed by atoms with Crippen molar-refractivity contribution < 1.29 is 23.1 Å². The summed E-state index contributed by atoms with van der Waals surface area (Å²) in [6.45, 7) is 4.72. The van der Waals surface area contributed by atoms with E-state index in [-0.39, 0.29) is 23.5 Å². The van der Waals surface area contributed by atoms with E-state index in [0.29, 0.717) is 23.8 Å². The third-order valence-electron chi connectivity index (χ3n) is 5.27. The molecule has 4 rings (SSSR count). The number of carbonyl (C=O) groups excluding carboxylic acids is 2. The third kappa shape index (κ3) is 4.98. The molecule has 0 saturated heterocycles. The lowest BCUT2D eigenvalue weighted by atomic mass is 10.0. The quantitative estimate of drug-likeness (QED) is 0.456. The zero-order chi connectivity index (χ0) is 24.2. The van der Waals surface area contributed by atoms with E-state index in [1.807, 2.05) is 44.2 Å². The van der Waals surface area contributed by atoms with Crippen LogP contribution in [0.25, 0.3) is 5.57 Å². The fourth-order valence-corrected chi connectivity index (χ4v) is 3.57. The minimum atomic E-state index is -1.06. The molecular formula is C27H24F2N2O3. The van der Waals surface area contributed by atoms with E-state index in [4.69, 9.17) is 4.74 Å². The van der Waals surface area contributed by atoms with Crippen LogP contribution < -0.4 is 10.1 Å². The average molecular weight is 462 g/mol. The van der Waals surface area contributed by atoms with Crippen LogP contribution in [0.15, 0.2) is 78.5 Å². The Hall–Kier alpha value is -4.00. The number of nitrogens with zero attached hydrogens (tertiary/aromatic N) is 1. The molecule has 2 amide bonds. The highest BCUT2D eigenvalue weighted by Gasteiger charge is 2.39. The van der Waals surface area contributed by atoms with Crippen molar-refractivity contribution in [2.24, 2.45) is 5.92 Å². The average Bonchev–Trinajstić information content (AvgIpc) is 3.05. The monoisotopic (exact) mass is 462 g/mol. The van der Waals surface area contributed by atoms with Gasteiger partial charge in [-0.2, -0.15) is 0 Å².